The van der Waals surface area contributed by atoms with Gasteiger partial charge in [-0.1, -0.05) is 27.1 Å². The van der Waals surface area contributed by atoms with Gasteiger partial charge in [-0.3, -0.25) is 0 Å². The van der Waals surface area contributed by atoms with Crippen molar-refractivity contribution in [2.24, 2.45) is 0 Å². The van der Waals surface area contributed by atoms with E-state index in [0.717, 1.165) is 23.0 Å². The van der Waals surface area contributed by atoms with E-state index in [4.69, 9.17) is 4.74 Å². The Balaban J connectivity index is 2.13. The number of benzene rings is 1. The van der Waals surface area contributed by atoms with Crippen LogP contribution in [0.3, 0.4) is 0 Å². The lowest BCUT2D eigenvalue weighted by molar-refractivity contribution is -0.0489. The van der Waals surface area contributed by atoms with E-state index in [-0.39, 0.29) is 6.04 Å². The van der Waals surface area contributed by atoms with Crippen LogP contribution in [0.5, 0.6) is 0 Å². The average molecular weight is 368 g/mol. The first-order valence-corrected chi connectivity index (χ1v) is 8.54. The van der Waals surface area contributed by atoms with Gasteiger partial charge in [-0.05, 0) is 63.8 Å². The van der Waals surface area contributed by atoms with Gasteiger partial charge in [-0.15, -0.1) is 0 Å². The Bertz CT molecular complexity index is 566. The molecule has 22 heavy (non-hydrogen) atoms. The van der Waals surface area contributed by atoms with Crippen molar-refractivity contribution in [1.29, 1.82) is 0 Å². The lowest BCUT2D eigenvalue weighted by Crippen LogP contribution is -2.49. The molecule has 0 spiro atoms. The molecule has 0 unspecified atom stereocenters. The Morgan fingerprint density at radius 2 is 2.14 bits per heavy atom. The summed E-state index contributed by atoms with van der Waals surface area (Å²) in [5.41, 5.74) is 4.16. The molecule has 122 valence electrons. The maximum atomic E-state index is 11.2. The summed E-state index contributed by atoms with van der Waals surface area (Å²) in [6, 6.07) is 6.20. The van der Waals surface area contributed by atoms with Gasteiger partial charge in [0.25, 0.3) is 0 Å². The van der Waals surface area contributed by atoms with Crippen molar-refractivity contribution in [2.75, 3.05) is 19.0 Å². The zero-order valence-corrected chi connectivity index (χ0v) is 15.5. The first kappa shape index (κ1) is 17.5. The van der Waals surface area contributed by atoms with E-state index >= 15 is 0 Å². The third-order valence-electron chi connectivity index (χ3n) is 4.65. The van der Waals surface area contributed by atoms with Crippen LogP contribution in [0.4, 0.5) is 5.69 Å². The molecule has 0 fully saturated rings. The molecule has 0 radical (unpaired) electrons. The third-order valence-corrected chi connectivity index (χ3v) is 5.14. The summed E-state index contributed by atoms with van der Waals surface area (Å²) >= 11 is 3.51. The fourth-order valence-corrected chi connectivity index (χ4v) is 3.31. The molecule has 3 nitrogen and oxygen atoms in total. The van der Waals surface area contributed by atoms with E-state index in [0.29, 0.717) is 13.0 Å². The topological polar surface area (TPSA) is 41.5 Å². The van der Waals surface area contributed by atoms with Crippen molar-refractivity contribution in [1.82, 2.24) is 0 Å². The molecule has 0 bridgehead atoms. The number of allylic oxidation sites excluding steroid dienone is 2. The highest BCUT2D eigenvalue weighted by Gasteiger charge is 2.40. The highest BCUT2D eigenvalue weighted by Crippen LogP contribution is 2.35. The molecule has 4 heteroatoms. The number of anilines is 1. The minimum absolute atomic E-state index is 0.0123. The first-order valence-electron chi connectivity index (χ1n) is 7.75. The highest BCUT2D eigenvalue weighted by atomic mass is 79.9. The molecule has 0 saturated carbocycles. The number of hydrogen-bond acceptors (Lipinski definition) is 3. The van der Waals surface area contributed by atoms with Crippen molar-refractivity contribution >= 4 is 21.6 Å². The predicted molar refractivity (Wildman–Crippen MR) is 95.4 cm³/mol. The molecule has 0 aliphatic carbocycles. The summed E-state index contributed by atoms with van der Waals surface area (Å²) in [6.45, 7) is 6.71. The lowest BCUT2D eigenvalue weighted by atomic mass is 9.86. The number of nitrogens with one attached hydrogen (secondary N) is 1. The predicted octanol–water partition coefficient (Wildman–Crippen LogP) is 4.30. The molecule has 1 aromatic rings. The van der Waals surface area contributed by atoms with Gasteiger partial charge in [0.15, 0.2) is 0 Å². The third kappa shape index (κ3) is 3.92. The van der Waals surface area contributed by atoms with Crippen molar-refractivity contribution < 1.29 is 9.84 Å². The quantitative estimate of drug-likeness (QED) is 0.736. The molecule has 0 amide bonds. The van der Waals surface area contributed by atoms with Gasteiger partial charge in [-0.25, -0.2) is 0 Å². The maximum absolute atomic E-state index is 11.2. The Labute approximate surface area is 141 Å². The molecule has 1 heterocycles. The molecule has 0 aromatic heterocycles. The largest absolute Gasteiger partial charge is 0.385 e. The molecular weight excluding hydrogens is 342 g/mol. The van der Waals surface area contributed by atoms with Crippen molar-refractivity contribution in [2.45, 2.75) is 51.7 Å². The fourth-order valence-electron chi connectivity index (χ4n) is 2.91. The minimum atomic E-state index is -0.864. The summed E-state index contributed by atoms with van der Waals surface area (Å²) in [7, 11) is 1.65. The molecule has 1 aromatic carbocycles. The second-order valence-electron chi connectivity index (χ2n) is 6.52. The van der Waals surface area contributed by atoms with Crippen LogP contribution in [0.15, 0.2) is 33.8 Å². The van der Waals surface area contributed by atoms with Gasteiger partial charge in [0.1, 0.15) is 5.60 Å². The number of aliphatic hydroxyl groups is 1. The van der Waals surface area contributed by atoms with Crippen LogP contribution in [-0.2, 0) is 11.2 Å². The molecule has 2 atom stereocenters. The van der Waals surface area contributed by atoms with Crippen LogP contribution < -0.4 is 5.32 Å². The number of ether oxygens (including phenoxy) is 1. The second-order valence-corrected chi connectivity index (χ2v) is 7.44. The summed E-state index contributed by atoms with van der Waals surface area (Å²) in [4.78, 5) is 0. The number of fused-ring (bicyclic) bond motifs is 1. The number of rotatable bonds is 6. The Hall–Kier alpha value is -0.840. The maximum Gasteiger partial charge on any atom is 0.109 e. The first-order chi connectivity index (χ1) is 10.4. The number of methoxy groups -OCH3 is 1. The van der Waals surface area contributed by atoms with Gasteiger partial charge in [0.2, 0.25) is 0 Å². The Morgan fingerprint density at radius 3 is 2.77 bits per heavy atom. The second kappa shape index (κ2) is 7.16. The molecule has 1 aliphatic rings. The fraction of sp³-hybridized carbons (Fsp3) is 0.556. The van der Waals surface area contributed by atoms with Gasteiger partial charge < -0.3 is 15.2 Å². The minimum Gasteiger partial charge on any atom is -0.385 e. The highest BCUT2D eigenvalue weighted by molar-refractivity contribution is 9.10. The standard InChI is InChI=1S/C18H26BrNO2/c1-12(2)13(3)7-8-18(21,11-22-4)17-10-14-9-15(19)5-6-16(14)20-17/h5-6,9,17,20-21H,7-8,10-11H2,1-4H3/t17-,18-/m0/s1. The van der Waals surface area contributed by atoms with Gasteiger partial charge in [0.05, 0.1) is 12.6 Å². The zero-order chi connectivity index (χ0) is 16.3. The van der Waals surface area contributed by atoms with E-state index in [9.17, 15) is 5.11 Å². The Kier molecular flexibility index (Phi) is 5.70. The smallest absolute Gasteiger partial charge is 0.109 e. The van der Waals surface area contributed by atoms with Crippen molar-refractivity contribution in [3.8, 4) is 0 Å². The van der Waals surface area contributed by atoms with Crippen molar-refractivity contribution in [3.05, 3.63) is 39.4 Å². The van der Waals surface area contributed by atoms with Crippen LogP contribution in [0.2, 0.25) is 0 Å². The van der Waals surface area contributed by atoms with Gasteiger partial charge in [-0.2, -0.15) is 0 Å². The molecule has 2 rings (SSSR count). The molecule has 1 aliphatic heterocycles. The summed E-state index contributed by atoms with van der Waals surface area (Å²) in [6.07, 6.45) is 2.41. The molecular formula is C18H26BrNO2. The Morgan fingerprint density at radius 1 is 1.41 bits per heavy atom. The average Bonchev–Trinajstić information content (AvgIpc) is 2.88. The van der Waals surface area contributed by atoms with E-state index in [1.807, 2.05) is 6.07 Å². The summed E-state index contributed by atoms with van der Waals surface area (Å²) in [5, 5.41) is 14.6. The lowest BCUT2D eigenvalue weighted by Gasteiger charge is -2.34. The SMILES string of the molecule is COC[C@@](O)(CCC(C)=C(C)C)[C@@H]1Cc2cc(Br)ccc2N1. The van der Waals surface area contributed by atoms with Gasteiger partial charge in [0, 0.05) is 17.3 Å². The summed E-state index contributed by atoms with van der Waals surface area (Å²) < 4.78 is 6.39. The van der Waals surface area contributed by atoms with Crippen molar-refractivity contribution in [3.63, 3.8) is 0 Å². The number of halogens is 1. The van der Waals surface area contributed by atoms with Crippen LogP contribution >= 0.6 is 15.9 Å². The van der Waals surface area contributed by atoms with Crippen LogP contribution in [0.1, 0.15) is 39.2 Å². The monoisotopic (exact) mass is 367 g/mol. The molecule has 0 saturated heterocycles. The zero-order valence-electron chi connectivity index (χ0n) is 13.9. The van der Waals surface area contributed by atoms with E-state index < -0.39 is 5.60 Å². The number of hydrogen-bond donors (Lipinski definition) is 2. The van der Waals surface area contributed by atoms with Gasteiger partial charge >= 0.3 is 0 Å². The molecule has 2 N–H and O–H groups in total. The van der Waals surface area contributed by atoms with Crippen LogP contribution in [-0.4, -0.2) is 30.5 Å². The van der Waals surface area contributed by atoms with E-state index in [2.05, 4.69) is 54.2 Å². The van der Waals surface area contributed by atoms with E-state index in [1.54, 1.807) is 7.11 Å². The van der Waals surface area contributed by atoms with Crippen LogP contribution in [0, 0.1) is 0 Å². The summed E-state index contributed by atoms with van der Waals surface area (Å²) in [5.74, 6) is 0. The van der Waals surface area contributed by atoms with Crippen LogP contribution in [0.25, 0.3) is 0 Å². The van der Waals surface area contributed by atoms with E-state index in [1.165, 1.54) is 16.7 Å². The normalized spacial score (nSPS) is 19.3.